The lowest BCUT2D eigenvalue weighted by Gasteiger charge is -2.28. The fourth-order valence-electron chi connectivity index (χ4n) is 3.18. The Morgan fingerprint density at radius 2 is 2.17 bits per heavy atom. The second-order valence-corrected chi connectivity index (χ2v) is 8.33. The lowest BCUT2D eigenvalue weighted by Crippen LogP contribution is -2.34. The van der Waals surface area contributed by atoms with Gasteiger partial charge in [0.25, 0.3) is 0 Å². The Hall–Kier alpha value is -1.44. The molecule has 3 N–H and O–H groups in total. The van der Waals surface area contributed by atoms with Crippen molar-refractivity contribution in [2.45, 2.75) is 38.0 Å². The third-order valence-electron chi connectivity index (χ3n) is 4.76. The minimum absolute atomic E-state index is 0.0739. The zero-order chi connectivity index (χ0) is 17.7. The summed E-state index contributed by atoms with van der Waals surface area (Å²) in [6, 6.07) is 4.91. The molecule has 0 bridgehead atoms. The molecule has 0 saturated carbocycles. The van der Waals surface area contributed by atoms with E-state index in [-0.39, 0.29) is 10.8 Å². The summed E-state index contributed by atoms with van der Waals surface area (Å²) < 4.78 is 26.3. The highest BCUT2D eigenvalue weighted by Crippen LogP contribution is 2.25. The molecule has 7 heteroatoms. The molecule has 0 aromatic heterocycles. The van der Waals surface area contributed by atoms with Gasteiger partial charge < -0.3 is 10.6 Å². The number of piperidine rings is 1. The average Bonchev–Trinajstić information content (AvgIpc) is 2.57. The third-order valence-corrected chi connectivity index (χ3v) is 6.32. The maximum atomic E-state index is 12.4. The standard InChI is InChI=1S/C17H27N3O3S/c1-12(14-6-5-9-19-11-14)10-17(21)20-15-7-4-8-16(13(15)2)24(22,23)18-3/h4,7-8,12,14,18-19H,5-6,9-11H2,1-3H3,(H,20,21). The van der Waals surface area contributed by atoms with E-state index in [0.717, 1.165) is 25.9 Å². The lowest BCUT2D eigenvalue weighted by molar-refractivity contribution is -0.117. The van der Waals surface area contributed by atoms with Gasteiger partial charge in [-0.15, -0.1) is 0 Å². The minimum atomic E-state index is -3.54. The summed E-state index contributed by atoms with van der Waals surface area (Å²) in [5.74, 6) is 0.735. The highest BCUT2D eigenvalue weighted by atomic mass is 32.2. The highest BCUT2D eigenvalue weighted by Gasteiger charge is 2.23. The van der Waals surface area contributed by atoms with E-state index >= 15 is 0 Å². The SMILES string of the molecule is CNS(=O)(=O)c1cccc(NC(=O)CC(C)C2CCCNC2)c1C. The molecule has 2 unspecified atom stereocenters. The topological polar surface area (TPSA) is 87.3 Å². The number of carbonyl (C=O) groups is 1. The first-order valence-electron chi connectivity index (χ1n) is 8.39. The fourth-order valence-corrected chi connectivity index (χ4v) is 4.17. The number of rotatable bonds is 6. The zero-order valence-corrected chi connectivity index (χ0v) is 15.4. The maximum absolute atomic E-state index is 12.4. The molecule has 0 spiro atoms. The van der Waals surface area contributed by atoms with Gasteiger partial charge in [-0.2, -0.15) is 0 Å². The molecule has 1 aromatic rings. The Morgan fingerprint density at radius 1 is 1.42 bits per heavy atom. The van der Waals surface area contributed by atoms with Crippen molar-refractivity contribution >= 4 is 21.6 Å². The molecule has 0 aliphatic carbocycles. The molecule has 1 saturated heterocycles. The number of anilines is 1. The summed E-state index contributed by atoms with van der Waals surface area (Å²) in [6.07, 6.45) is 2.74. The van der Waals surface area contributed by atoms with Crippen molar-refractivity contribution in [3.63, 3.8) is 0 Å². The second-order valence-electron chi connectivity index (χ2n) is 6.47. The Bertz CT molecular complexity index is 682. The van der Waals surface area contributed by atoms with Gasteiger partial charge in [0.05, 0.1) is 4.90 Å². The van der Waals surface area contributed by atoms with E-state index in [1.165, 1.54) is 13.1 Å². The van der Waals surface area contributed by atoms with Crippen LogP contribution in [0.3, 0.4) is 0 Å². The van der Waals surface area contributed by atoms with Gasteiger partial charge in [0.15, 0.2) is 0 Å². The normalized spacial score (nSPS) is 19.7. The van der Waals surface area contributed by atoms with Gasteiger partial charge in [-0.3, -0.25) is 4.79 Å². The number of hydrogen-bond acceptors (Lipinski definition) is 4. The molecule has 2 rings (SSSR count). The van der Waals surface area contributed by atoms with Crippen LogP contribution in [0.25, 0.3) is 0 Å². The van der Waals surface area contributed by atoms with Crippen molar-refractivity contribution in [3.8, 4) is 0 Å². The average molecular weight is 353 g/mol. The molecule has 24 heavy (non-hydrogen) atoms. The molecule has 1 aliphatic rings. The maximum Gasteiger partial charge on any atom is 0.240 e. The quantitative estimate of drug-likeness (QED) is 0.728. The highest BCUT2D eigenvalue weighted by molar-refractivity contribution is 7.89. The molecule has 1 amide bonds. The van der Waals surface area contributed by atoms with Crippen LogP contribution < -0.4 is 15.4 Å². The molecule has 0 radical (unpaired) electrons. The van der Waals surface area contributed by atoms with Gasteiger partial charge in [0.2, 0.25) is 15.9 Å². The molecule has 6 nitrogen and oxygen atoms in total. The second kappa shape index (κ2) is 8.09. The summed E-state index contributed by atoms with van der Waals surface area (Å²) in [7, 11) is -2.16. The molecule has 1 aliphatic heterocycles. The molecule has 2 atom stereocenters. The number of amides is 1. The van der Waals surface area contributed by atoms with E-state index in [1.807, 2.05) is 0 Å². The molecular formula is C17H27N3O3S. The van der Waals surface area contributed by atoms with Crippen LogP contribution in [0.2, 0.25) is 0 Å². The van der Waals surface area contributed by atoms with Crippen LogP contribution in [0.1, 0.15) is 31.7 Å². The molecule has 1 aromatic carbocycles. The van der Waals surface area contributed by atoms with Crippen LogP contribution >= 0.6 is 0 Å². The summed E-state index contributed by atoms with van der Waals surface area (Å²) >= 11 is 0. The summed E-state index contributed by atoms with van der Waals surface area (Å²) in [6.45, 7) is 5.82. The first-order valence-corrected chi connectivity index (χ1v) is 9.87. The van der Waals surface area contributed by atoms with Crippen molar-refractivity contribution < 1.29 is 13.2 Å². The van der Waals surface area contributed by atoms with Gasteiger partial charge in [-0.1, -0.05) is 13.0 Å². The van der Waals surface area contributed by atoms with Crippen LogP contribution in [-0.2, 0) is 14.8 Å². The molecular weight excluding hydrogens is 326 g/mol. The van der Waals surface area contributed by atoms with Gasteiger partial charge in [0, 0.05) is 12.1 Å². The Morgan fingerprint density at radius 3 is 2.79 bits per heavy atom. The van der Waals surface area contributed by atoms with E-state index < -0.39 is 10.0 Å². The summed E-state index contributed by atoms with van der Waals surface area (Å²) in [5.41, 5.74) is 1.09. The first-order chi connectivity index (χ1) is 11.3. The van der Waals surface area contributed by atoms with Crippen LogP contribution in [-0.4, -0.2) is 34.5 Å². The van der Waals surface area contributed by atoms with Gasteiger partial charge in [-0.25, -0.2) is 13.1 Å². The monoisotopic (exact) mass is 353 g/mol. The van der Waals surface area contributed by atoms with E-state index in [9.17, 15) is 13.2 Å². The number of benzene rings is 1. The number of sulfonamides is 1. The van der Waals surface area contributed by atoms with E-state index in [0.29, 0.717) is 29.5 Å². The van der Waals surface area contributed by atoms with Crippen molar-refractivity contribution in [1.29, 1.82) is 0 Å². The Labute approximate surface area is 144 Å². The predicted octanol–water partition coefficient (Wildman–Crippen LogP) is 1.87. The fraction of sp³-hybridized carbons (Fsp3) is 0.588. The minimum Gasteiger partial charge on any atom is -0.326 e. The van der Waals surface area contributed by atoms with Gasteiger partial charge in [0.1, 0.15) is 0 Å². The van der Waals surface area contributed by atoms with E-state index in [1.54, 1.807) is 19.1 Å². The number of carbonyl (C=O) groups excluding carboxylic acids is 1. The zero-order valence-electron chi connectivity index (χ0n) is 14.6. The van der Waals surface area contributed by atoms with Crippen molar-refractivity contribution in [2.24, 2.45) is 11.8 Å². The van der Waals surface area contributed by atoms with Crippen molar-refractivity contribution in [1.82, 2.24) is 10.0 Å². The molecule has 1 fully saturated rings. The van der Waals surface area contributed by atoms with E-state index in [4.69, 9.17) is 0 Å². The third kappa shape index (κ3) is 4.55. The smallest absolute Gasteiger partial charge is 0.240 e. The summed E-state index contributed by atoms with van der Waals surface area (Å²) in [5, 5.41) is 6.24. The Kier molecular flexibility index (Phi) is 6.37. The van der Waals surface area contributed by atoms with Crippen LogP contribution in [0.15, 0.2) is 23.1 Å². The number of nitrogens with one attached hydrogen (secondary N) is 3. The molecule has 1 heterocycles. The number of hydrogen-bond donors (Lipinski definition) is 3. The lowest BCUT2D eigenvalue weighted by atomic mass is 9.85. The van der Waals surface area contributed by atoms with Crippen molar-refractivity contribution in [3.05, 3.63) is 23.8 Å². The predicted molar refractivity (Wildman–Crippen MR) is 95.4 cm³/mol. The van der Waals surface area contributed by atoms with Gasteiger partial charge >= 0.3 is 0 Å². The largest absolute Gasteiger partial charge is 0.326 e. The van der Waals surface area contributed by atoms with Gasteiger partial charge in [-0.05, 0) is 69.4 Å². The van der Waals surface area contributed by atoms with Crippen LogP contribution in [0.5, 0.6) is 0 Å². The Balaban J connectivity index is 2.05. The molecule has 134 valence electrons. The van der Waals surface area contributed by atoms with Crippen molar-refractivity contribution in [2.75, 3.05) is 25.5 Å². The van der Waals surface area contributed by atoms with Crippen LogP contribution in [0, 0.1) is 18.8 Å². The first kappa shape index (κ1) is 18.9. The van der Waals surface area contributed by atoms with Crippen LogP contribution in [0.4, 0.5) is 5.69 Å². The van der Waals surface area contributed by atoms with E-state index in [2.05, 4.69) is 22.3 Å². The summed E-state index contributed by atoms with van der Waals surface area (Å²) in [4.78, 5) is 12.5.